The Morgan fingerprint density at radius 3 is 2.62 bits per heavy atom. The van der Waals surface area contributed by atoms with Crippen molar-refractivity contribution >= 4 is 33.3 Å². The lowest BCUT2D eigenvalue weighted by molar-refractivity contribution is -0.217. The van der Waals surface area contributed by atoms with Crippen molar-refractivity contribution < 1.29 is 38.0 Å². The number of aromatic nitrogens is 3. The van der Waals surface area contributed by atoms with E-state index in [0.29, 0.717) is 42.6 Å². The summed E-state index contributed by atoms with van der Waals surface area (Å²) in [7, 11) is 0. The highest BCUT2D eigenvalue weighted by Crippen LogP contribution is 2.38. The fourth-order valence-corrected chi connectivity index (χ4v) is 5.96. The second-order valence-corrected chi connectivity index (χ2v) is 10.9. The molecule has 5 N–H and O–H groups in total. The zero-order chi connectivity index (χ0) is 28.4. The number of benzene rings is 1. The number of nitrogens with zero attached hydrogens (tertiary/aromatic N) is 4. The van der Waals surface area contributed by atoms with Gasteiger partial charge in [-0.2, -0.15) is 18.2 Å². The largest absolute Gasteiger partial charge is 0.405 e. The van der Waals surface area contributed by atoms with E-state index in [2.05, 4.69) is 25.6 Å². The number of fused-ring (bicyclic) bond motifs is 1. The smallest absolute Gasteiger partial charge is 0.390 e. The molecule has 5 unspecified atom stereocenters. The van der Waals surface area contributed by atoms with E-state index in [9.17, 15) is 28.5 Å². The van der Waals surface area contributed by atoms with Gasteiger partial charge in [-0.15, -0.1) is 11.3 Å². The Labute approximate surface area is 232 Å². The van der Waals surface area contributed by atoms with E-state index < -0.39 is 43.3 Å². The molecular formula is C25H31F3N6O5S. The van der Waals surface area contributed by atoms with Crippen molar-refractivity contribution in [2.45, 2.75) is 44.2 Å². The van der Waals surface area contributed by atoms with Crippen molar-refractivity contribution in [3.05, 3.63) is 30.0 Å². The van der Waals surface area contributed by atoms with Gasteiger partial charge < -0.3 is 35.4 Å². The molecule has 1 saturated carbocycles. The summed E-state index contributed by atoms with van der Waals surface area (Å²) in [5.41, 5.74) is 1.63. The molecule has 5 rings (SSSR count). The molecule has 3 aromatic rings. The lowest BCUT2D eigenvalue weighted by Gasteiger charge is -2.31. The van der Waals surface area contributed by atoms with Crippen molar-refractivity contribution in [2.24, 2.45) is 5.92 Å². The number of halogens is 3. The van der Waals surface area contributed by atoms with Crippen LogP contribution in [0.15, 0.2) is 24.3 Å². The van der Waals surface area contributed by atoms with Crippen molar-refractivity contribution in [3.8, 4) is 10.6 Å². The third-order valence-corrected chi connectivity index (χ3v) is 8.04. The lowest BCUT2D eigenvalue weighted by atomic mass is 10.1. The number of nitrogens with one attached hydrogen (secondary N) is 2. The molecule has 0 radical (unpaired) electrons. The lowest BCUT2D eigenvalue weighted by Crippen LogP contribution is -2.45. The van der Waals surface area contributed by atoms with Gasteiger partial charge >= 0.3 is 6.18 Å². The van der Waals surface area contributed by atoms with Crippen molar-refractivity contribution in [1.82, 2.24) is 19.9 Å². The number of morpholine rings is 1. The molecule has 0 amide bonds. The molecule has 11 nitrogen and oxygen atoms in total. The molecular weight excluding hydrogens is 553 g/mol. The molecule has 5 atom stereocenters. The summed E-state index contributed by atoms with van der Waals surface area (Å²) in [5, 5.41) is 37.8. The number of rotatable bonds is 9. The molecule has 2 fully saturated rings. The van der Waals surface area contributed by atoms with E-state index in [1.165, 1.54) is 11.3 Å². The summed E-state index contributed by atoms with van der Waals surface area (Å²) in [4.78, 5) is 14.9. The highest BCUT2D eigenvalue weighted by Gasteiger charge is 2.42. The van der Waals surface area contributed by atoms with Gasteiger partial charge in [0.05, 0.1) is 53.4 Å². The Balaban J connectivity index is 1.37. The van der Waals surface area contributed by atoms with Crippen LogP contribution in [0.4, 0.5) is 24.9 Å². The molecule has 3 heterocycles. The molecule has 0 bridgehead atoms. The molecule has 0 spiro atoms. The average Bonchev–Trinajstić information content (AvgIpc) is 3.46. The first-order valence-corrected chi connectivity index (χ1v) is 13.7. The Kier molecular flexibility index (Phi) is 8.70. The van der Waals surface area contributed by atoms with Crippen LogP contribution in [-0.2, 0) is 9.47 Å². The number of thiazole rings is 1. The minimum atomic E-state index is -4.47. The monoisotopic (exact) mass is 584 g/mol. The van der Waals surface area contributed by atoms with E-state index >= 15 is 0 Å². The number of hydrogen-bond donors (Lipinski definition) is 5. The summed E-state index contributed by atoms with van der Waals surface area (Å²) in [6.07, 6.45) is -7.77. The number of ether oxygens (including phenoxy) is 2. The number of aryl methyl sites for hydroxylation is 1. The van der Waals surface area contributed by atoms with Crippen LogP contribution in [0.25, 0.3) is 20.8 Å². The first-order chi connectivity index (χ1) is 19.1. The summed E-state index contributed by atoms with van der Waals surface area (Å²) in [5.74, 6) is -0.564. The van der Waals surface area contributed by atoms with Gasteiger partial charge in [-0.05, 0) is 25.5 Å². The zero-order valence-electron chi connectivity index (χ0n) is 21.6. The number of hydrogen-bond acceptors (Lipinski definition) is 12. The number of aliphatic hydroxyl groups is 3. The van der Waals surface area contributed by atoms with Crippen LogP contribution < -0.4 is 10.6 Å². The highest BCUT2D eigenvalue weighted by atomic mass is 32.1. The molecule has 2 aromatic heterocycles. The van der Waals surface area contributed by atoms with Crippen LogP contribution in [0, 0.1) is 12.8 Å². The normalized spacial score (nSPS) is 24.9. The van der Waals surface area contributed by atoms with Crippen LogP contribution in [0.1, 0.15) is 12.1 Å². The maximum absolute atomic E-state index is 12.9. The fourth-order valence-electron chi connectivity index (χ4n) is 4.89. The van der Waals surface area contributed by atoms with Gasteiger partial charge in [0, 0.05) is 19.0 Å². The van der Waals surface area contributed by atoms with Crippen molar-refractivity contribution in [1.29, 1.82) is 0 Å². The Morgan fingerprint density at radius 2 is 1.90 bits per heavy atom. The Hall–Kier alpha value is -2.66. The van der Waals surface area contributed by atoms with E-state index in [0.717, 1.165) is 10.2 Å². The topological polar surface area (TPSA) is 145 Å². The van der Waals surface area contributed by atoms with E-state index in [1.54, 1.807) is 11.8 Å². The second kappa shape index (κ2) is 12.1. The Bertz CT molecular complexity index is 1270. The van der Waals surface area contributed by atoms with Crippen LogP contribution in [0.5, 0.6) is 0 Å². The molecule has 40 heavy (non-hydrogen) atoms. The average molecular weight is 585 g/mol. The number of anilines is 2. The predicted molar refractivity (Wildman–Crippen MR) is 142 cm³/mol. The SMILES string of the molecule is Cc1nc(NCC(F)(F)F)nc(NC2CC(COC(O)N3CCOCC3)C(O)C2O)c1-c1nc2ccccc2s1. The molecule has 1 aliphatic heterocycles. The minimum Gasteiger partial charge on any atom is -0.390 e. The van der Waals surface area contributed by atoms with Crippen LogP contribution in [0.2, 0.25) is 0 Å². The van der Waals surface area contributed by atoms with E-state index in [1.807, 2.05) is 24.3 Å². The number of para-hydroxylation sites is 1. The summed E-state index contributed by atoms with van der Waals surface area (Å²) < 4.78 is 50.4. The highest BCUT2D eigenvalue weighted by molar-refractivity contribution is 7.21. The maximum Gasteiger partial charge on any atom is 0.405 e. The molecule has 1 aliphatic carbocycles. The quantitative estimate of drug-likeness (QED) is 0.236. The first kappa shape index (κ1) is 28.9. The second-order valence-electron chi connectivity index (χ2n) is 9.85. The van der Waals surface area contributed by atoms with Gasteiger partial charge in [0.1, 0.15) is 23.5 Å². The van der Waals surface area contributed by atoms with Gasteiger partial charge in [0.15, 0.2) is 0 Å². The minimum absolute atomic E-state index is 0.0130. The third-order valence-electron chi connectivity index (χ3n) is 6.99. The molecule has 1 aromatic carbocycles. The fraction of sp³-hybridized carbons (Fsp3) is 0.560. The van der Waals surface area contributed by atoms with E-state index in [-0.39, 0.29) is 24.8 Å². The van der Waals surface area contributed by atoms with Crippen molar-refractivity contribution in [3.63, 3.8) is 0 Å². The van der Waals surface area contributed by atoms with Gasteiger partial charge in [-0.3, -0.25) is 4.90 Å². The van der Waals surface area contributed by atoms with Crippen LogP contribution >= 0.6 is 11.3 Å². The molecule has 218 valence electrons. The number of alkyl halides is 3. The molecule has 1 saturated heterocycles. The Morgan fingerprint density at radius 1 is 1.15 bits per heavy atom. The van der Waals surface area contributed by atoms with E-state index in [4.69, 9.17) is 9.47 Å². The molecule has 15 heteroatoms. The summed E-state index contributed by atoms with van der Waals surface area (Å²) in [6, 6.07) is 6.79. The molecule has 2 aliphatic rings. The van der Waals surface area contributed by atoms with Crippen LogP contribution in [-0.4, -0.2) is 105 Å². The standard InChI is InChI=1S/C25H31F3N6O5S/c1-13-18(22-32-15-4-2-3-5-17(15)40-22)21(33-23(30-13)29-12-25(26,27)28)31-16-10-14(19(35)20(16)36)11-39-24(37)34-6-8-38-9-7-34/h2-5,14,16,19-20,24,35-37H,6-12H2,1H3,(H2,29,30,31,33). The first-order valence-electron chi connectivity index (χ1n) is 12.9. The van der Waals surface area contributed by atoms with Crippen LogP contribution in [0.3, 0.4) is 0 Å². The third kappa shape index (κ3) is 6.62. The summed E-state index contributed by atoms with van der Waals surface area (Å²) >= 11 is 1.38. The van der Waals surface area contributed by atoms with Gasteiger partial charge in [-0.25, -0.2) is 9.97 Å². The van der Waals surface area contributed by atoms with Gasteiger partial charge in [-0.1, -0.05) is 12.1 Å². The summed E-state index contributed by atoms with van der Waals surface area (Å²) in [6.45, 7) is 2.29. The van der Waals surface area contributed by atoms with Gasteiger partial charge in [0.2, 0.25) is 12.4 Å². The maximum atomic E-state index is 12.9. The van der Waals surface area contributed by atoms with Crippen molar-refractivity contribution in [2.75, 3.05) is 50.1 Å². The number of aliphatic hydroxyl groups excluding tert-OH is 3. The van der Waals surface area contributed by atoms with Gasteiger partial charge in [0.25, 0.3) is 0 Å². The zero-order valence-corrected chi connectivity index (χ0v) is 22.5. The predicted octanol–water partition coefficient (Wildman–Crippen LogP) is 2.18.